The first-order valence-electron chi connectivity index (χ1n) is 18.2. The van der Waals surface area contributed by atoms with Gasteiger partial charge in [0.1, 0.15) is 29.1 Å². The van der Waals surface area contributed by atoms with E-state index >= 15 is 0 Å². The summed E-state index contributed by atoms with van der Waals surface area (Å²) < 4.78 is 23.6. The molecule has 0 aromatic heterocycles. The smallest absolute Gasteiger partial charge is 0.339 e. The fraction of sp³-hybridized carbons (Fsp3) is 0.114. The molecule has 5 rings (SSSR count). The summed E-state index contributed by atoms with van der Waals surface area (Å²) in [5.74, 6) is -7.24. The van der Waals surface area contributed by atoms with E-state index in [-0.39, 0.29) is 45.1 Å². The number of carboxylic acids is 1. The van der Waals surface area contributed by atoms with Gasteiger partial charge < -0.3 is 51.4 Å². The second-order valence-corrected chi connectivity index (χ2v) is 13.2. The van der Waals surface area contributed by atoms with Gasteiger partial charge in [-0.2, -0.15) is 5.26 Å². The molecule has 5 amide bonds. The van der Waals surface area contributed by atoms with Crippen LogP contribution < -0.4 is 36.1 Å². The number of phenolic OH excluding ortho intramolecular Hbond substituents is 1. The highest BCUT2D eigenvalue weighted by molar-refractivity contribution is 6.12. The molecule has 0 saturated heterocycles. The maximum atomic E-state index is 13.3. The molecule has 0 fully saturated rings. The van der Waals surface area contributed by atoms with E-state index in [2.05, 4.69) is 26.6 Å². The molecule has 0 aliphatic heterocycles. The highest BCUT2D eigenvalue weighted by atomic mass is 19.1. The number of carbonyl (C=O) groups excluding carboxylic acids is 5. The largest absolute Gasteiger partial charge is 0.504 e. The summed E-state index contributed by atoms with van der Waals surface area (Å²) in [4.78, 5) is 76.3. The molecule has 0 unspecified atom stereocenters. The molecule has 5 aromatic rings. The molecule has 0 aliphatic rings. The van der Waals surface area contributed by atoms with Crippen molar-refractivity contribution < 1.29 is 58.0 Å². The zero-order valence-electron chi connectivity index (χ0n) is 33.2. The van der Waals surface area contributed by atoms with Gasteiger partial charge in [-0.1, -0.05) is 12.1 Å². The quantitative estimate of drug-likeness (QED) is 0.0462. The Morgan fingerprint density at radius 3 is 1.61 bits per heavy atom. The van der Waals surface area contributed by atoms with Crippen molar-refractivity contribution in [3.63, 3.8) is 0 Å². The predicted molar refractivity (Wildman–Crippen MR) is 224 cm³/mol. The lowest BCUT2D eigenvalue weighted by Gasteiger charge is -2.16. The number of ether oxygens (including phenoxy) is 2. The molecule has 17 nitrogen and oxygen atoms in total. The molecular formula is C44H37FN6O11. The van der Waals surface area contributed by atoms with Gasteiger partial charge in [-0.3, -0.25) is 24.0 Å². The van der Waals surface area contributed by atoms with Crippen LogP contribution in [0.1, 0.15) is 60.8 Å². The fourth-order valence-corrected chi connectivity index (χ4v) is 5.84. The maximum absolute atomic E-state index is 13.3. The molecule has 0 saturated carbocycles. The molecule has 0 aliphatic carbocycles. The molecule has 1 atom stereocenters. The van der Waals surface area contributed by atoms with Crippen LogP contribution in [0, 0.1) is 17.1 Å². The normalized spacial score (nSPS) is 11.4. The average molecular weight is 845 g/mol. The van der Waals surface area contributed by atoms with E-state index in [1.807, 2.05) is 6.07 Å². The van der Waals surface area contributed by atoms with Crippen LogP contribution in [-0.4, -0.2) is 71.1 Å². The van der Waals surface area contributed by atoms with Gasteiger partial charge in [0.25, 0.3) is 23.6 Å². The summed E-state index contributed by atoms with van der Waals surface area (Å²) in [6.07, 6.45) is 0. The Morgan fingerprint density at radius 2 is 1.10 bits per heavy atom. The van der Waals surface area contributed by atoms with Crippen LogP contribution in [0.3, 0.4) is 0 Å². The minimum Gasteiger partial charge on any atom is -0.504 e. The van der Waals surface area contributed by atoms with Crippen LogP contribution in [0.25, 0.3) is 5.57 Å². The number of allylic oxidation sites excluding steroid dienone is 1. The molecule has 0 radical (unpaired) electrons. The van der Waals surface area contributed by atoms with Crippen LogP contribution in [-0.2, 0) is 9.59 Å². The van der Waals surface area contributed by atoms with Crippen LogP contribution >= 0.6 is 0 Å². The molecule has 0 spiro atoms. The summed E-state index contributed by atoms with van der Waals surface area (Å²) in [6, 6.07) is 22.4. The van der Waals surface area contributed by atoms with E-state index < -0.39 is 64.4 Å². The Balaban J connectivity index is 1.16. The fourth-order valence-electron chi connectivity index (χ4n) is 5.84. The summed E-state index contributed by atoms with van der Waals surface area (Å²) >= 11 is 0. The number of anilines is 4. The Kier molecular flexibility index (Phi) is 13.9. The van der Waals surface area contributed by atoms with Crippen molar-refractivity contribution in [3.8, 4) is 29.1 Å². The number of hydrogen-bond donors (Lipinski definition) is 8. The Bertz CT molecular complexity index is 2660. The van der Waals surface area contributed by atoms with Crippen molar-refractivity contribution in [2.24, 2.45) is 0 Å². The number of nitriles is 1. The number of methoxy groups -OCH3 is 2. The maximum Gasteiger partial charge on any atom is 0.339 e. The van der Waals surface area contributed by atoms with Gasteiger partial charge >= 0.3 is 5.97 Å². The van der Waals surface area contributed by atoms with Gasteiger partial charge in [0.2, 0.25) is 5.91 Å². The summed E-state index contributed by atoms with van der Waals surface area (Å²) in [6.45, 7) is 3.02. The first-order chi connectivity index (χ1) is 29.6. The second-order valence-electron chi connectivity index (χ2n) is 13.2. The van der Waals surface area contributed by atoms with Gasteiger partial charge in [-0.05, 0) is 110 Å². The standard InChI is InChI=1S/C44H37FN6O11/c1-22(24-5-11-27(45)12-6-24)32(21-46)43(58)49-29-15-7-25(8-16-29)40(55)47-23(2)39(54)48-28-13-9-26(10-14-28)41(56)50-33-19-17-30(35(52)37(33)61-3)42(57)51-34-20-18-31(44(59)60)36(53)38(34)62-4/h5-20,23,52-53H,1-4H3,(H,47,55)(H,48,54)(H,49,58)(H,50,56)(H,51,57)(H,59,60)/b32-22+/t23-/m0/s1. The number of phenols is 2. The summed E-state index contributed by atoms with van der Waals surface area (Å²) in [7, 11) is 2.36. The number of aromatic carboxylic acids is 1. The number of halogens is 1. The Labute approximate surface area is 352 Å². The first-order valence-corrected chi connectivity index (χ1v) is 18.2. The van der Waals surface area contributed by atoms with Crippen LogP contribution in [0.15, 0.2) is 103 Å². The molecule has 0 heterocycles. The lowest BCUT2D eigenvalue weighted by atomic mass is 10.0. The molecule has 62 heavy (non-hydrogen) atoms. The molecule has 5 aromatic carbocycles. The van der Waals surface area contributed by atoms with Gasteiger partial charge in [-0.25, -0.2) is 9.18 Å². The van der Waals surface area contributed by atoms with Crippen molar-refractivity contribution in [2.75, 3.05) is 35.5 Å². The van der Waals surface area contributed by atoms with Gasteiger partial charge in [0.05, 0.1) is 31.2 Å². The minimum atomic E-state index is -1.42. The second kappa shape index (κ2) is 19.4. The van der Waals surface area contributed by atoms with E-state index in [9.17, 15) is 53.7 Å². The number of amides is 5. The van der Waals surface area contributed by atoms with Gasteiger partial charge in [0.15, 0.2) is 23.0 Å². The highest BCUT2D eigenvalue weighted by Crippen LogP contribution is 2.40. The van der Waals surface area contributed by atoms with Crippen molar-refractivity contribution in [2.45, 2.75) is 19.9 Å². The van der Waals surface area contributed by atoms with E-state index in [0.29, 0.717) is 22.5 Å². The van der Waals surface area contributed by atoms with E-state index in [0.717, 1.165) is 13.2 Å². The topological polar surface area (TPSA) is 266 Å². The number of nitrogens with zero attached hydrogens (tertiary/aromatic N) is 1. The lowest BCUT2D eigenvalue weighted by Crippen LogP contribution is -2.41. The molecular weight excluding hydrogens is 808 g/mol. The zero-order valence-corrected chi connectivity index (χ0v) is 33.2. The first kappa shape index (κ1) is 44.4. The average Bonchev–Trinajstić information content (AvgIpc) is 3.24. The van der Waals surface area contributed by atoms with Crippen molar-refractivity contribution >= 4 is 63.8 Å². The number of carbonyl (C=O) groups is 6. The Hall–Kier alpha value is -8.72. The number of rotatable bonds is 14. The van der Waals surface area contributed by atoms with Crippen molar-refractivity contribution in [3.05, 3.63) is 136 Å². The Morgan fingerprint density at radius 1 is 0.629 bits per heavy atom. The number of aromatic hydroxyl groups is 2. The van der Waals surface area contributed by atoms with Gasteiger partial charge in [0, 0.05) is 22.5 Å². The number of carboxylic acid groups (broad SMARTS) is 1. The number of benzene rings is 5. The monoisotopic (exact) mass is 844 g/mol. The van der Waals surface area contributed by atoms with Crippen LogP contribution in [0.4, 0.5) is 27.1 Å². The zero-order chi connectivity index (χ0) is 45.2. The third kappa shape index (κ3) is 10.1. The molecule has 8 N–H and O–H groups in total. The summed E-state index contributed by atoms with van der Waals surface area (Å²) in [5, 5.41) is 52.8. The van der Waals surface area contributed by atoms with E-state index in [4.69, 9.17) is 9.47 Å². The highest BCUT2D eigenvalue weighted by Gasteiger charge is 2.24. The lowest BCUT2D eigenvalue weighted by molar-refractivity contribution is -0.117. The van der Waals surface area contributed by atoms with Crippen LogP contribution in [0.2, 0.25) is 0 Å². The number of nitrogens with one attached hydrogen (secondary N) is 5. The predicted octanol–water partition coefficient (Wildman–Crippen LogP) is 6.15. The summed E-state index contributed by atoms with van der Waals surface area (Å²) in [5.41, 5.74) is 0.694. The third-order valence-electron chi connectivity index (χ3n) is 9.19. The van der Waals surface area contributed by atoms with Crippen molar-refractivity contribution in [1.82, 2.24) is 5.32 Å². The SMILES string of the molecule is COc1c(NC(=O)c2ccc(NC(=O)c3ccc(NC(=O)[C@H](C)NC(=O)c4ccc(NC(=O)/C(C#N)=C(\C)c5ccc(F)cc5)cc4)cc3)c(OC)c2O)ccc(C(=O)O)c1O. The van der Waals surface area contributed by atoms with Crippen LogP contribution in [0.5, 0.6) is 23.0 Å². The van der Waals surface area contributed by atoms with E-state index in [1.165, 1.54) is 105 Å². The molecule has 0 bridgehead atoms. The number of hydrogen-bond acceptors (Lipinski definition) is 11. The molecule has 18 heteroatoms. The van der Waals surface area contributed by atoms with Crippen molar-refractivity contribution in [1.29, 1.82) is 5.26 Å². The molecule has 316 valence electrons. The minimum absolute atomic E-state index is 0.00665. The van der Waals surface area contributed by atoms with Gasteiger partial charge in [-0.15, -0.1) is 0 Å². The van der Waals surface area contributed by atoms with E-state index in [1.54, 1.807) is 6.92 Å². The third-order valence-corrected chi connectivity index (χ3v) is 9.19.